The molecule has 4 aromatic rings. The van der Waals surface area contributed by atoms with Gasteiger partial charge in [-0.1, -0.05) is 18.2 Å². The number of hydrogen-bond acceptors (Lipinski definition) is 10. The average molecular weight is 525 g/mol. The number of nitrogens with zero attached hydrogens (tertiary/aromatic N) is 3. The van der Waals surface area contributed by atoms with Crippen molar-refractivity contribution in [1.82, 2.24) is 8.75 Å². The van der Waals surface area contributed by atoms with Crippen LogP contribution >= 0.6 is 11.7 Å². The molecule has 10 nitrogen and oxygen atoms in total. The molecule has 0 amide bonds. The molecule has 1 aliphatic rings. The molecule has 0 unspecified atom stereocenters. The van der Waals surface area contributed by atoms with E-state index in [1.807, 2.05) is 0 Å². The summed E-state index contributed by atoms with van der Waals surface area (Å²) in [4.78, 5) is 36.7. The molecule has 0 saturated heterocycles. The Morgan fingerprint density at radius 2 is 1.57 bits per heavy atom. The summed E-state index contributed by atoms with van der Waals surface area (Å²) < 4.78 is 19.4. The summed E-state index contributed by atoms with van der Waals surface area (Å²) in [5, 5.41) is 23.5. The first-order valence-corrected chi connectivity index (χ1v) is 11.5. The van der Waals surface area contributed by atoms with Gasteiger partial charge in [0.15, 0.2) is 17.3 Å². The Morgan fingerprint density at radius 3 is 2.27 bits per heavy atom. The van der Waals surface area contributed by atoms with Gasteiger partial charge < -0.3 is 19.4 Å². The van der Waals surface area contributed by atoms with Gasteiger partial charge in [-0.2, -0.15) is 8.75 Å². The third-order valence-corrected chi connectivity index (χ3v) is 6.21. The zero-order valence-electron chi connectivity index (χ0n) is 19.5. The van der Waals surface area contributed by atoms with Crippen LogP contribution < -0.4 is 44.1 Å². The van der Waals surface area contributed by atoms with Crippen molar-refractivity contribution in [3.8, 4) is 11.5 Å². The third-order valence-electron chi connectivity index (χ3n) is 5.65. The van der Waals surface area contributed by atoms with Gasteiger partial charge in [-0.05, 0) is 41.5 Å². The van der Waals surface area contributed by atoms with Gasteiger partial charge in [0.1, 0.15) is 24.2 Å². The van der Waals surface area contributed by atoms with Crippen LogP contribution in [0, 0.1) is 10.1 Å². The summed E-state index contributed by atoms with van der Waals surface area (Å²) in [5.74, 6) is -1.23. The van der Waals surface area contributed by atoms with E-state index in [2.05, 4.69) is 8.75 Å². The first-order valence-electron chi connectivity index (χ1n) is 10.8. The number of benzene rings is 3. The molecule has 0 fully saturated rings. The summed E-state index contributed by atoms with van der Waals surface area (Å²) in [5.41, 5.74) is 1.55. The van der Waals surface area contributed by atoms with E-state index in [0.29, 0.717) is 41.3 Å². The molecule has 0 atom stereocenters. The molecule has 2 heterocycles. The Bertz CT molecular complexity index is 1550. The van der Waals surface area contributed by atoms with Crippen molar-refractivity contribution in [3.05, 3.63) is 93.0 Å². The van der Waals surface area contributed by atoms with E-state index < -0.39 is 16.7 Å². The van der Waals surface area contributed by atoms with Crippen LogP contribution in [0.3, 0.4) is 0 Å². The molecular formula is C25H16N3NaO7S. The molecule has 0 saturated carbocycles. The van der Waals surface area contributed by atoms with Crippen molar-refractivity contribution in [3.63, 3.8) is 0 Å². The maximum Gasteiger partial charge on any atom is 1.00 e. The van der Waals surface area contributed by atoms with Crippen LogP contribution in [0.1, 0.15) is 21.5 Å². The molecule has 5 rings (SSSR count). The van der Waals surface area contributed by atoms with Crippen molar-refractivity contribution in [2.24, 2.45) is 0 Å². The number of carboxylic acids is 1. The summed E-state index contributed by atoms with van der Waals surface area (Å²) in [6, 6.07) is 14.9. The fraction of sp³-hybridized carbons (Fsp3) is 0.120. The summed E-state index contributed by atoms with van der Waals surface area (Å²) in [6.45, 7) is 0.705. The second-order valence-corrected chi connectivity index (χ2v) is 8.43. The number of aliphatic carboxylic acids is 1. The first-order chi connectivity index (χ1) is 17.4. The van der Waals surface area contributed by atoms with Crippen molar-refractivity contribution in [1.29, 1.82) is 0 Å². The Morgan fingerprint density at radius 1 is 0.892 bits per heavy atom. The Hall–Kier alpha value is -3.64. The summed E-state index contributed by atoms with van der Waals surface area (Å²) in [7, 11) is 0. The van der Waals surface area contributed by atoms with Crippen molar-refractivity contribution < 1.29 is 58.6 Å². The van der Waals surface area contributed by atoms with Gasteiger partial charge in [0.2, 0.25) is 0 Å². The van der Waals surface area contributed by atoms with Gasteiger partial charge >= 0.3 is 29.6 Å². The van der Waals surface area contributed by atoms with Crippen molar-refractivity contribution >= 4 is 45.8 Å². The Kier molecular flexibility index (Phi) is 7.98. The number of carbonyl (C=O) groups is 2. The zero-order chi connectivity index (χ0) is 25.2. The monoisotopic (exact) mass is 525 g/mol. The number of ketones is 1. The molecule has 0 aliphatic carbocycles. The SMILES string of the molecule is O=C([O-])C(=C(Cc1ccc([N+](=O)[O-])cc1)C(=O)c1ccc2c(c1)OCCO2)c1ccc2nsnc2c1.[Na+]. The fourth-order valence-corrected chi connectivity index (χ4v) is 4.45. The van der Waals surface area contributed by atoms with Gasteiger partial charge in [-0.3, -0.25) is 14.9 Å². The molecule has 37 heavy (non-hydrogen) atoms. The quantitative estimate of drug-likeness (QED) is 0.107. The predicted octanol–water partition coefficient (Wildman–Crippen LogP) is 0.00380. The first kappa shape index (κ1) is 26.4. The maximum atomic E-state index is 13.8. The largest absolute Gasteiger partial charge is 1.00 e. The molecule has 1 aromatic heterocycles. The molecule has 180 valence electrons. The number of non-ortho nitro benzene ring substituents is 1. The molecular weight excluding hydrogens is 509 g/mol. The number of rotatable bonds is 7. The number of carbonyl (C=O) groups excluding carboxylic acids is 2. The fourth-order valence-electron chi connectivity index (χ4n) is 3.93. The van der Waals surface area contributed by atoms with Crippen LogP contribution in [0.15, 0.2) is 66.2 Å². The van der Waals surface area contributed by atoms with E-state index >= 15 is 0 Å². The van der Waals surface area contributed by atoms with Gasteiger partial charge in [0.25, 0.3) is 5.69 Å². The number of carboxylic acid groups (broad SMARTS) is 1. The molecule has 0 bridgehead atoms. The van der Waals surface area contributed by atoms with Crippen molar-refractivity contribution in [2.75, 3.05) is 13.2 Å². The second kappa shape index (κ2) is 11.2. The normalized spacial score (nSPS) is 12.9. The van der Waals surface area contributed by atoms with Crippen LogP contribution in [0.4, 0.5) is 5.69 Å². The van der Waals surface area contributed by atoms with Gasteiger partial charge in [-0.25, -0.2) is 0 Å². The smallest absolute Gasteiger partial charge is 0.545 e. The van der Waals surface area contributed by atoms with E-state index in [0.717, 1.165) is 11.7 Å². The van der Waals surface area contributed by atoms with Crippen LogP contribution in [0.5, 0.6) is 11.5 Å². The number of aromatic nitrogens is 2. The summed E-state index contributed by atoms with van der Waals surface area (Å²) >= 11 is 0.986. The standard InChI is InChI=1S/C25H17N3O7S.Na/c29-24(16-4-8-21-22(13-16)35-10-9-34-21)18(11-14-1-5-17(6-2-14)28(32)33)23(25(30)31)15-3-7-19-20(12-15)27-36-26-19;/h1-8,12-13H,9-11H2,(H,30,31);/q;+1/p-1. The summed E-state index contributed by atoms with van der Waals surface area (Å²) in [6.07, 6.45) is -0.109. The zero-order valence-corrected chi connectivity index (χ0v) is 22.3. The third kappa shape index (κ3) is 5.54. The average Bonchev–Trinajstić information content (AvgIpc) is 3.36. The number of ether oxygens (including phenoxy) is 2. The van der Waals surface area contributed by atoms with Crippen LogP contribution in [-0.2, 0) is 11.2 Å². The minimum absolute atomic E-state index is 0. The van der Waals surface area contributed by atoms with E-state index in [-0.39, 0.29) is 63.9 Å². The number of Topliss-reactive ketones (excluding diaryl/α,β-unsaturated/α-hetero) is 1. The molecule has 0 spiro atoms. The van der Waals surface area contributed by atoms with Gasteiger partial charge in [0.05, 0.1) is 22.6 Å². The van der Waals surface area contributed by atoms with Crippen LogP contribution in [-0.4, -0.2) is 38.6 Å². The minimum Gasteiger partial charge on any atom is -0.545 e. The van der Waals surface area contributed by atoms with E-state index in [1.165, 1.54) is 42.5 Å². The minimum atomic E-state index is -1.54. The number of nitro groups is 1. The number of hydrogen-bond donors (Lipinski definition) is 0. The van der Waals surface area contributed by atoms with E-state index in [9.17, 15) is 24.8 Å². The van der Waals surface area contributed by atoms with Crippen LogP contribution in [0.25, 0.3) is 16.6 Å². The molecule has 3 aromatic carbocycles. The number of fused-ring (bicyclic) bond motifs is 2. The van der Waals surface area contributed by atoms with E-state index in [4.69, 9.17) is 9.47 Å². The number of allylic oxidation sites excluding steroid dienone is 1. The van der Waals surface area contributed by atoms with Crippen molar-refractivity contribution in [2.45, 2.75) is 6.42 Å². The topological polar surface area (TPSA) is 145 Å². The Labute approximate surface area is 236 Å². The van der Waals surface area contributed by atoms with Gasteiger partial charge in [0, 0.05) is 35.3 Å². The Balaban J connectivity index is 0.00000320. The predicted molar refractivity (Wildman–Crippen MR) is 128 cm³/mol. The van der Waals surface area contributed by atoms with Crippen LogP contribution in [0.2, 0.25) is 0 Å². The number of nitro benzene ring substituents is 1. The molecule has 0 radical (unpaired) electrons. The molecule has 12 heteroatoms. The second-order valence-electron chi connectivity index (χ2n) is 7.90. The molecule has 0 N–H and O–H groups in total. The van der Waals surface area contributed by atoms with Gasteiger partial charge in [-0.15, -0.1) is 0 Å². The maximum absolute atomic E-state index is 13.8. The van der Waals surface area contributed by atoms with E-state index in [1.54, 1.807) is 18.2 Å². The molecule has 1 aliphatic heterocycles.